The van der Waals surface area contributed by atoms with Gasteiger partial charge in [0.2, 0.25) is 0 Å². The van der Waals surface area contributed by atoms with Crippen molar-refractivity contribution in [2.24, 2.45) is 0 Å². The molecule has 2 heterocycles. The monoisotopic (exact) mass is 319 g/mol. The second-order valence-corrected chi connectivity index (χ2v) is 6.95. The molecule has 0 saturated carbocycles. The summed E-state index contributed by atoms with van der Waals surface area (Å²) < 4.78 is 2.24. The van der Waals surface area contributed by atoms with E-state index in [0.717, 1.165) is 27.6 Å². The van der Waals surface area contributed by atoms with Gasteiger partial charge in [-0.2, -0.15) is 0 Å². The molecule has 0 amide bonds. The fourth-order valence-corrected chi connectivity index (χ4v) is 3.68. The lowest BCUT2D eigenvalue weighted by Gasteiger charge is -2.17. The van der Waals surface area contributed by atoms with Crippen molar-refractivity contribution in [2.45, 2.75) is 39.1 Å². The smallest absolute Gasteiger partial charge is 0.128 e. The zero-order valence-electron chi connectivity index (χ0n) is 12.6. The van der Waals surface area contributed by atoms with Gasteiger partial charge in [-0.15, -0.1) is 22.9 Å². The highest BCUT2D eigenvalue weighted by Crippen LogP contribution is 2.33. The summed E-state index contributed by atoms with van der Waals surface area (Å²) in [5.41, 5.74) is 4.42. The summed E-state index contributed by atoms with van der Waals surface area (Å²) >= 11 is 8.06. The molecule has 0 saturated heterocycles. The van der Waals surface area contributed by atoms with Gasteiger partial charge in [0, 0.05) is 11.1 Å². The average Bonchev–Trinajstić information content (AvgIpc) is 3.02. The third kappa shape index (κ3) is 2.47. The molecule has 5 heteroatoms. The van der Waals surface area contributed by atoms with Crippen molar-refractivity contribution < 1.29 is 0 Å². The minimum Gasteiger partial charge on any atom is -0.317 e. The number of benzene rings is 1. The fourth-order valence-electron chi connectivity index (χ4n) is 2.69. The fraction of sp³-hybridized carbons (Fsp3) is 0.375. The number of fused-ring (bicyclic) bond motifs is 1. The minimum absolute atomic E-state index is 0.131. The summed E-state index contributed by atoms with van der Waals surface area (Å²) in [5, 5.41) is 3.04. The predicted molar refractivity (Wildman–Crippen MR) is 89.4 cm³/mol. The molecule has 2 aromatic heterocycles. The second-order valence-electron chi connectivity index (χ2n) is 5.40. The van der Waals surface area contributed by atoms with E-state index in [-0.39, 0.29) is 11.4 Å². The topological polar surface area (TPSA) is 30.7 Å². The van der Waals surface area contributed by atoms with E-state index in [1.807, 2.05) is 26.0 Å². The quantitative estimate of drug-likeness (QED) is 0.635. The number of thiazole rings is 1. The maximum absolute atomic E-state index is 6.37. The van der Waals surface area contributed by atoms with Crippen LogP contribution < -0.4 is 0 Å². The van der Waals surface area contributed by atoms with Crippen LogP contribution >= 0.6 is 22.9 Å². The second kappa shape index (κ2) is 5.43. The highest BCUT2D eigenvalue weighted by atomic mass is 35.5. The summed E-state index contributed by atoms with van der Waals surface area (Å²) in [4.78, 5) is 9.36. The van der Waals surface area contributed by atoms with Crippen LogP contribution in [-0.4, -0.2) is 14.5 Å². The molecule has 3 aromatic rings. The molecule has 0 aliphatic heterocycles. The molecule has 2 atom stereocenters. The Hall–Kier alpha value is -1.39. The highest BCUT2D eigenvalue weighted by Gasteiger charge is 2.22. The van der Waals surface area contributed by atoms with E-state index in [1.54, 1.807) is 11.3 Å². The van der Waals surface area contributed by atoms with Gasteiger partial charge in [-0.25, -0.2) is 9.97 Å². The molecule has 0 spiro atoms. The van der Waals surface area contributed by atoms with Gasteiger partial charge in [0.1, 0.15) is 10.8 Å². The summed E-state index contributed by atoms with van der Waals surface area (Å²) in [7, 11) is 0. The van der Waals surface area contributed by atoms with Crippen molar-refractivity contribution in [2.75, 3.05) is 0 Å². The van der Waals surface area contributed by atoms with Crippen LogP contribution in [0.5, 0.6) is 0 Å². The Kier molecular flexibility index (Phi) is 3.76. The third-order valence-electron chi connectivity index (χ3n) is 3.68. The van der Waals surface area contributed by atoms with Gasteiger partial charge in [-0.3, -0.25) is 0 Å². The number of rotatable bonds is 3. The van der Waals surface area contributed by atoms with Crippen molar-refractivity contribution in [1.82, 2.24) is 14.5 Å². The molecule has 3 rings (SSSR count). The largest absolute Gasteiger partial charge is 0.317 e. The lowest BCUT2D eigenvalue weighted by atomic mass is 10.2. The van der Waals surface area contributed by atoms with E-state index in [4.69, 9.17) is 16.6 Å². The SMILES string of the molecule is Cc1csc(C(C)n2c(C(C)Cl)nc3cccc(C)c32)n1. The first-order chi connectivity index (χ1) is 9.99. The third-order valence-corrected chi connectivity index (χ3v) is 5.00. The van der Waals surface area contributed by atoms with Crippen molar-refractivity contribution >= 4 is 34.0 Å². The molecule has 0 radical (unpaired) electrons. The molecular weight excluding hydrogens is 302 g/mol. The normalized spacial score (nSPS) is 14.5. The maximum atomic E-state index is 6.37. The number of halogens is 1. The number of aromatic nitrogens is 3. The predicted octanol–water partition coefficient (Wildman–Crippen LogP) is 5.02. The van der Waals surface area contributed by atoms with Crippen LogP contribution in [-0.2, 0) is 0 Å². The first-order valence-electron chi connectivity index (χ1n) is 7.02. The van der Waals surface area contributed by atoms with Crippen LogP contribution in [0.2, 0.25) is 0 Å². The number of alkyl halides is 1. The number of aryl methyl sites for hydroxylation is 2. The Morgan fingerprint density at radius 1 is 1.19 bits per heavy atom. The molecule has 0 aliphatic carbocycles. The number of hydrogen-bond donors (Lipinski definition) is 0. The van der Waals surface area contributed by atoms with Crippen LogP contribution in [0.3, 0.4) is 0 Å². The van der Waals surface area contributed by atoms with Gasteiger partial charge in [0.15, 0.2) is 0 Å². The zero-order chi connectivity index (χ0) is 15.1. The molecule has 0 N–H and O–H groups in total. The van der Waals surface area contributed by atoms with Crippen LogP contribution in [0.25, 0.3) is 11.0 Å². The van der Waals surface area contributed by atoms with Crippen molar-refractivity contribution in [3.05, 3.63) is 45.7 Å². The number of para-hydroxylation sites is 1. The van der Waals surface area contributed by atoms with Gasteiger partial charge in [-0.1, -0.05) is 12.1 Å². The molecular formula is C16H18ClN3S. The van der Waals surface area contributed by atoms with E-state index in [1.165, 1.54) is 5.56 Å². The van der Waals surface area contributed by atoms with E-state index in [9.17, 15) is 0 Å². The van der Waals surface area contributed by atoms with Crippen LogP contribution in [0, 0.1) is 13.8 Å². The molecule has 0 bridgehead atoms. The summed E-state index contributed by atoms with van der Waals surface area (Å²) in [6.07, 6.45) is 0. The van der Waals surface area contributed by atoms with Gasteiger partial charge in [0.25, 0.3) is 0 Å². The number of hydrogen-bond acceptors (Lipinski definition) is 3. The average molecular weight is 320 g/mol. The van der Waals surface area contributed by atoms with Gasteiger partial charge >= 0.3 is 0 Å². The van der Waals surface area contributed by atoms with Gasteiger partial charge < -0.3 is 4.57 Å². The Labute approximate surface area is 133 Å². The Morgan fingerprint density at radius 3 is 2.57 bits per heavy atom. The molecule has 3 nitrogen and oxygen atoms in total. The zero-order valence-corrected chi connectivity index (χ0v) is 14.2. The Morgan fingerprint density at radius 2 is 1.95 bits per heavy atom. The first-order valence-corrected chi connectivity index (χ1v) is 8.34. The highest BCUT2D eigenvalue weighted by molar-refractivity contribution is 7.09. The minimum atomic E-state index is -0.139. The van der Waals surface area contributed by atoms with E-state index in [0.29, 0.717) is 0 Å². The maximum Gasteiger partial charge on any atom is 0.128 e. The van der Waals surface area contributed by atoms with Crippen molar-refractivity contribution in [1.29, 1.82) is 0 Å². The van der Waals surface area contributed by atoms with Crippen molar-refractivity contribution in [3.8, 4) is 0 Å². The molecule has 0 fully saturated rings. The standard InChI is InChI=1S/C16H18ClN3S/c1-9-6-5-7-13-14(9)20(15(19-13)11(3)17)12(4)16-18-10(2)8-21-16/h5-8,11-12H,1-4H3. The number of imidazole rings is 1. The van der Waals surface area contributed by atoms with Crippen LogP contribution in [0.4, 0.5) is 0 Å². The van der Waals surface area contributed by atoms with E-state index >= 15 is 0 Å². The Balaban J connectivity index is 2.26. The molecule has 1 aromatic carbocycles. The van der Waals surface area contributed by atoms with E-state index in [2.05, 4.69) is 34.8 Å². The lowest BCUT2D eigenvalue weighted by molar-refractivity contribution is 0.613. The molecule has 21 heavy (non-hydrogen) atoms. The van der Waals surface area contributed by atoms with Crippen LogP contribution in [0.15, 0.2) is 23.6 Å². The molecule has 110 valence electrons. The lowest BCUT2D eigenvalue weighted by Crippen LogP contribution is -2.11. The molecule has 2 unspecified atom stereocenters. The van der Waals surface area contributed by atoms with E-state index < -0.39 is 0 Å². The summed E-state index contributed by atoms with van der Waals surface area (Å²) in [6, 6.07) is 6.33. The van der Waals surface area contributed by atoms with Gasteiger partial charge in [-0.05, 0) is 39.3 Å². The molecule has 0 aliphatic rings. The van der Waals surface area contributed by atoms with Crippen molar-refractivity contribution in [3.63, 3.8) is 0 Å². The van der Waals surface area contributed by atoms with Gasteiger partial charge in [0.05, 0.1) is 22.5 Å². The number of nitrogens with zero attached hydrogens (tertiary/aromatic N) is 3. The first kappa shape index (κ1) is 14.5. The van der Waals surface area contributed by atoms with Crippen LogP contribution in [0.1, 0.15) is 47.4 Å². The summed E-state index contributed by atoms with van der Waals surface area (Å²) in [5.74, 6) is 0.904. The Bertz CT molecular complexity index is 788. The summed E-state index contributed by atoms with van der Waals surface area (Å²) in [6.45, 7) is 8.26.